The van der Waals surface area contributed by atoms with Crippen LogP contribution >= 0.6 is 0 Å². The van der Waals surface area contributed by atoms with Gasteiger partial charge < -0.3 is 19.5 Å². The molecule has 6 nitrogen and oxygen atoms in total. The molecular formula is C34H40F4N2O4. The van der Waals surface area contributed by atoms with Crippen LogP contribution in [0.4, 0.5) is 23.2 Å². The van der Waals surface area contributed by atoms with Crippen molar-refractivity contribution in [2.45, 2.75) is 78.7 Å². The number of carbonyl (C=O) groups is 1. The minimum atomic E-state index is -4.73. The van der Waals surface area contributed by atoms with E-state index in [1.165, 1.54) is 30.5 Å². The Morgan fingerprint density at radius 1 is 1.07 bits per heavy atom. The molecule has 4 rings (SSSR count). The summed E-state index contributed by atoms with van der Waals surface area (Å²) in [5, 5.41) is 10.3. The standard InChI is InChI=1S/C34H40F4N2O4/c1-21-28(30(31(41)42)44-32(2,3)4)29(40-16-14-33(5,6)15-17-40)25(20-39-21)23-9-12-27(26(19-23)34(36,37)38)43-18-13-22-7-10-24(35)11-8-22/h7-12,19-20,30H,13-18H2,1-6H3,(H,41,42)/t30-/m0/s1. The summed E-state index contributed by atoms with van der Waals surface area (Å²) in [6.45, 7) is 12.4. The maximum atomic E-state index is 14.4. The number of benzene rings is 2. The fraction of sp³-hybridized carbons (Fsp3) is 0.471. The number of carboxylic acids is 1. The molecule has 0 saturated carbocycles. The summed E-state index contributed by atoms with van der Waals surface area (Å²) in [6.07, 6.45) is -2.67. The van der Waals surface area contributed by atoms with Crippen LogP contribution in [-0.2, 0) is 22.1 Å². The van der Waals surface area contributed by atoms with Crippen molar-refractivity contribution in [2.24, 2.45) is 5.41 Å². The highest BCUT2D eigenvalue weighted by Crippen LogP contribution is 2.45. The van der Waals surface area contributed by atoms with Crippen LogP contribution in [0.25, 0.3) is 11.1 Å². The Morgan fingerprint density at radius 2 is 1.70 bits per heavy atom. The van der Waals surface area contributed by atoms with Crippen molar-refractivity contribution >= 4 is 11.7 Å². The van der Waals surface area contributed by atoms with Gasteiger partial charge in [-0.25, -0.2) is 9.18 Å². The molecular weight excluding hydrogens is 576 g/mol. The molecule has 1 N–H and O–H groups in total. The van der Waals surface area contributed by atoms with Crippen molar-refractivity contribution in [1.29, 1.82) is 0 Å². The van der Waals surface area contributed by atoms with Crippen LogP contribution in [0.3, 0.4) is 0 Å². The van der Waals surface area contributed by atoms with E-state index in [1.807, 2.05) is 4.90 Å². The van der Waals surface area contributed by atoms with Gasteiger partial charge in [0.1, 0.15) is 11.6 Å². The number of piperidine rings is 1. The van der Waals surface area contributed by atoms with Crippen molar-refractivity contribution < 1.29 is 36.9 Å². The number of aromatic nitrogens is 1. The van der Waals surface area contributed by atoms with Crippen LogP contribution in [0.15, 0.2) is 48.7 Å². The van der Waals surface area contributed by atoms with Crippen LogP contribution in [0, 0.1) is 18.2 Å². The lowest BCUT2D eigenvalue weighted by Crippen LogP contribution is -2.39. The summed E-state index contributed by atoms with van der Waals surface area (Å²) >= 11 is 0. The topological polar surface area (TPSA) is 71.9 Å². The van der Waals surface area contributed by atoms with Crippen molar-refractivity contribution in [2.75, 3.05) is 24.6 Å². The molecule has 3 aromatic rings. The number of hydrogen-bond donors (Lipinski definition) is 1. The molecule has 0 bridgehead atoms. The summed E-state index contributed by atoms with van der Waals surface area (Å²) in [5.74, 6) is -1.93. The van der Waals surface area contributed by atoms with Crippen molar-refractivity contribution in [3.05, 3.63) is 76.9 Å². The third kappa shape index (κ3) is 8.08. The summed E-state index contributed by atoms with van der Waals surface area (Å²) in [6, 6.07) is 9.55. The second kappa shape index (κ2) is 12.8. The minimum Gasteiger partial charge on any atom is -0.493 e. The van der Waals surface area contributed by atoms with Gasteiger partial charge in [-0.05, 0) is 81.3 Å². The lowest BCUT2D eigenvalue weighted by atomic mass is 9.82. The second-order valence-corrected chi connectivity index (χ2v) is 13.1. The van der Waals surface area contributed by atoms with Gasteiger partial charge in [-0.1, -0.05) is 32.0 Å². The van der Waals surface area contributed by atoms with Crippen LogP contribution in [0.2, 0.25) is 0 Å². The number of pyridine rings is 1. The van der Waals surface area contributed by atoms with Crippen molar-refractivity contribution in [3.63, 3.8) is 0 Å². The molecule has 1 aromatic heterocycles. The Labute approximate surface area is 256 Å². The van der Waals surface area contributed by atoms with Crippen molar-refractivity contribution in [1.82, 2.24) is 4.98 Å². The molecule has 1 aliphatic rings. The molecule has 2 heterocycles. The maximum Gasteiger partial charge on any atom is 0.419 e. The lowest BCUT2D eigenvalue weighted by molar-refractivity contribution is -0.160. The molecule has 1 atom stereocenters. The van der Waals surface area contributed by atoms with E-state index in [0.29, 0.717) is 42.0 Å². The normalized spacial score (nSPS) is 16.1. The Bertz CT molecular complexity index is 1470. The highest BCUT2D eigenvalue weighted by molar-refractivity contribution is 5.86. The van der Waals surface area contributed by atoms with Crippen LogP contribution in [0.1, 0.15) is 75.9 Å². The van der Waals surface area contributed by atoms with Gasteiger partial charge >= 0.3 is 12.1 Å². The van der Waals surface area contributed by atoms with Crippen LogP contribution < -0.4 is 9.64 Å². The molecule has 10 heteroatoms. The smallest absolute Gasteiger partial charge is 0.419 e. The van der Waals surface area contributed by atoms with E-state index < -0.39 is 35.2 Å². The van der Waals surface area contributed by atoms with Gasteiger partial charge in [-0.15, -0.1) is 0 Å². The lowest BCUT2D eigenvalue weighted by Gasteiger charge is -2.41. The Kier molecular flexibility index (Phi) is 9.63. The average molecular weight is 617 g/mol. The number of carboxylic acid groups (broad SMARTS) is 1. The molecule has 1 aliphatic heterocycles. The zero-order valence-electron chi connectivity index (χ0n) is 26.0. The fourth-order valence-electron chi connectivity index (χ4n) is 5.37. The van der Waals surface area contributed by atoms with E-state index in [0.717, 1.165) is 24.5 Å². The zero-order valence-corrected chi connectivity index (χ0v) is 26.0. The first-order valence-electron chi connectivity index (χ1n) is 14.7. The number of rotatable bonds is 9. The number of halogens is 4. The molecule has 0 radical (unpaired) electrons. The molecule has 2 aromatic carbocycles. The van der Waals surface area contributed by atoms with Gasteiger partial charge in [0.2, 0.25) is 0 Å². The van der Waals surface area contributed by atoms with E-state index in [1.54, 1.807) is 39.8 Å². The summed E-state index contributed by atoms with van der Waals surface area (Å²) in [5.41, 5.74) is 0.931. The Balaban J connectivity index is 1.81. The van der Waals surface area contributed by atoms with Crippen LogP contribution in [-0.4, -0.2) is 41.4 Å². The number of nitrogens with zero attached hydrogens (tertiary/aromatic N) is 2. The van der Waals surface area contributed by atoms with Gasteiger partial charge in [0.25, 0.3) is 0 Å². The monoisotopic (exact) mass is 616 g/mol. The number of aryl methyl sites for hydroxylation is 1. The van der Waals surface area contributed by atoms with E-state index in [4.69, 9.17) is 9.47 Å². The Hall–Kier alpha value is -3.66. The molecule has 44 heavy (non-hydrogen) atoms. The predicted octanol–water partition coefficient (Wildman–Crippen LogP) is 8.40. The molecule has 1 saturated heterocycles. The molecule has 1 fully saturated rings. The van der Waals surface area contributed by atoms with Crippen molar-refractivity contribution in [3.8, 4) is 16.9 Å². The van der Waals surface area contributed by atoms with Crippen LogP contribution in [0.5, 0.6) is 5.75 Å². The molecule has 0 spiro atoms. The molecule has 0 aliphatic carbocycles. The molecule has 0 amide bonds. The summed E-state index contributed by atoms with van der Waals surface area (Å²) in [4.78, 5) is 19.1. The molecule has 0 unspecified atom stereocenters. The van der Waals surface area contributed by atoms with E-state index in [9.17, 15) is 27.5 Å². The van der Waals surface area contributed by atoms with Gasteiger partial charge in [0.15, 0.2) is 6.10 Å². The van der Waals surface area contributed by atoms with Gasteiger partial charge in [0.05, 0.1) is 23.5 Å². The van der Waals surface area contributed by atoms with Gasteiger partial charge in [-0.3, -0.25) is 4.98 Å². The number of ether oxygens (including phenoxy) is 2. The Morgan fingerprint density at radius 3 is 2.27 bits per heavy atom. The average Bonchev–Trinajstić information content (AvgIpc) is 2.92. The third-order valence-electron chi connectivity index (χ3n) is 7.84. The second-order valence-electron chi connectivity index (χ2n) is 13.1. The third-order valence-corrected chi connectivity index (χ3v) is 7.84. The predicted molar refractivity (Wildman–Crippen MR) is 161 cm³/mol. The SMILES string of the molecule is Cc1ncc(-c2ccc(OCCc3ccc(F)cc3)c(C(F)(F)F)c2)c(N2CCC(C)(C)CC2)c1[C@H](OC(C)(C)C)C(=O)O. The molecule has 238 valence electrons. The quantitative estimate of drug-likeness (QED) is 0.244. The first-order chi connectivity index (χ1) is 20.4. The summed E-state index contributed by atoms with van der Waals surface area (Å²) in [7, 11) is 0. The van der Waals surface area contributed by atoms with E-state index >= 15 is 0 Å². The van der Waals surface area contributed by atoms with E-state index in [2.05, 4.69) is 18.8 Å². The fourth-order valence-corrected chi connectivity index (χ4v) is 5.37. The summed E-state index contributed by atoms with van der Waals surface area (Å²) < 4.78 is 68.0. The van der Waals surface area contributed by atoms with Gasteiger partial charge in [-0.2, -0.15) is 13.2 Å². The zero-order chi connectivity index (χ0) is 32.4. The van der Waals surface area contributed by atoms with E-state index in [-0.39, 0.29) is 23.3 Å². The first-order valence-corrected chi connectivity index (χ1v) is 14.7. The number of aliphatic carboxylic acids is 1. The largest absolute Gasteiger partial charge is 0.493 e. The highest BCUT2D eigenvalue weighted by atomic mass is 19.4. The number of anilines is 1. The minimum absolute atomic E-state index is 0.0382. The highest BCUT2D eigenvalue weighted by Gasteiger charge is 2.38. The number of hydrogen-bond acceptors (Lipinski definition) is 5. The first kappa shape index (κ1) is 33.2. The van der Waals surface area contributed by atoms with Gasteiger partial charge in [0, 0.05) is 42.5 Å². The maximum absolute atomic E-state index is 14.4. The number of alkyl halides is 3.